The molecule has 1 aromatic heterocycles. The first-order chi connectivity index (χ1) is 8.51. The number of nitrogens with one attached hydrogen (secondary N) is 1. The van der Waals surface area contributed by atoms with E-state index in [2.05, 4.69) is 34.1 Å². The van der Waals surface area contributed by atoms with Crippen LogP contribution in [0, 0.1) is 5.92 Å². The van der Waals surface area contributed by atoms with Crippen molar-refractivity contribution >= 4 is 5.95 Å². The molecule has 18 heavy (non-hydrogen) atoms. The molecule has 0 spiro atoms. The van der Waals surface area contributed by atoms with Crippen molar-refractivity contribution in [3.8, 4) is 12.0 Å². The lowest BCUT2D eigenvalue weighted by Gasteiger charge is -2.11. The summed E-state index contributed by atoms with van der Waals surface area (Å²) in [5, 5.41) is 2.86. The maximum Gasteiger partial charge on any atom is 0.324 e. The Labute approximate surface area is 108 Å². The smallest absolute Gasteiger partial charge is 0.324 e. The van der Waals surface area contributed by atoms with Gasteiger partial charge in [0.15, 0.2) is 0 Å². The van der Waals surface area contributed by atoms with Crippen molar-refractivity contribution in [1.82, 2.24) is 15.0 Å². The van der Waals surface area contributed by atoms with Gasteiger partial charge in [0.05, 0.1) is 12.7 Å². The number of aromatic nitrogens is 3. The maximum atomic E-state index is 5.50. The summed E-state index contributed by atoms with van der Waals surface area (Å²) in [5.74, 6) is 1.03. The van der Waals surface area contributed by atoms with Crippen molar-refractivity contribution in [2.75, 3.05) is 19.0 Å². The van der Waals surface area contributed by atoms with Crippen molar-refractivity contribution in [1.29, 1.82) is 0 Å². The van der Waals surface area contributed by atoms with Crippen LogP contribution in [0.1, 0.15) is 34.1 Å². The van der Waals surface area contributed by atoms with Gasteiger partial charge in [-0.25, -0.2) is 0 Å². The van der Waals surface area contributed by atoms with E-state index in [9.17, 15) is 0 Å². The molecule has 0 aliphatic heterocycles. The van der Waals surface area contributed by atoms with Crippen molar-refractivity contribution in [3.63, 3.8) is 0 Å². The fourth-order valence-electron chi connectivity index (χ4n) is 1.16. The summed E-state index contributed by atoms with van der Waals surface area (Å²) in [6, 6.07) is 0.578. The van der Waals surface area contributed by atoms with E-state index >= 15 is 0 Å². The first-order valence-corrected chi connectivity index (χ1v) is 6.24. The van der Waals surface area contributed by atoms with Gasteiger partial charge in [-0.2, -0.15) is 9.97 Å². The molecule has 6 heteroatoms. The van der Waals surface area contributed by atoms with Crippen molar-refractivity contribution in [2.45, 2.75) is 40.2 Å². The number of rotatable bonds is 7. The van der Waals surface area contributed by atoms with Crippen LogP contribution in [0.2, 0.25) is 0 Å². The van der Waals surface area contributed by atoms with Crippen LogP contribution in [-0.2, 0) is 0 Å². The zero-order valence-corrected chi connectivity index (χ0v) is 11.7. The quantitative estimate of drug-likeness (QED) is 0.803. The summed E-state index contributed by atoms with van der Waals surface area (Å²) in [4.78, 5) is 12.3. The van der Waals surface area contributed by atoms with Gasteiger partial charge < -0.3 is 14.8 Å². The summed E-state index contributed by atoms with van der Waals surface area (Å²) in [5.41, 5.74) is 0. The second kappa shape index (κ2) is 6.98. The molecule has 1 heterocycles. The third-order valence-electron chi connectivity index (χ3n) is 2.09. The van der Waals surface area contributed by atoms with E-state index in [1.165, 1.54) is 0 Å². The third kappa shape index (κ3) is 5.16. The molecule has 102 valence electrons. The Morgan fingerprint density at radius 2 is 1.72 bits per heavy atom. The van der Waals surface area contributed by atoms with E-state index in [4.69, 9.17) is 9.47 Å². The highest BCUT2D eigenvalue weighted by Crippen LogP contribution is 2.14. The average Bonchev–Trinajstić information content (AvgIpc) is 2.27. The van der Waals surface area contributed by atoms with Gasteiger partial charge in [-0.3, -0.25) is 0 Å². The lowest BCUT2D eigenvalue weighted by atomic mass is 10.1. The molecule has 0 aliphatic rings. The highest BCUT2D eigenvalue weighted by molar-refractivity contribution is 5.26. The molecule has 0 unspecified atom stereocenters. The van der Waals surface area contributed by atoms with Crippen LogP contribution < -0.4 is 14.8 Å². The second-order valence-electron chi connectivity index (χ2n) is 4.67. The molecular weight excluding hydrogens is 232 g/mol. The van der Waals surface area contributed by atoms with Gasteiger partial charge in [0, 0.05) is 7.05 Å². The van der Waals surface area contributed by atoms with Crippen LogP contribution in [0.3, 0.4) is 0 Å². The number of hydrogen-bond donors (Lipinski definition) is 1. The average molecular weight is 254 g/mol. The summed E-state index contributed by atoms with van der Waals surface area (Å²) in [6.45, 7) is 8.71. The molecule has 0 atom stereocenters. The largest absolute Gasteiger partial charge is 0.463 e. The molecule has 0 amide bonds. The van der Waals surface area contributed by atoms with Gasteiger partial charge in [0.1, 0.15) is 0 Å². The Balaban J connectivity index is 2.70. The van der Waals surface area contributed by atoms with Gasteiger partial charge in [-0.1, -0.05) is 13.8 Å². The van der Waals surface area contributed by atoms with Crippen LogP contribution >= 0.6 is 0 Å². The molecule has 0 saturated heterocycles. The number of anilines is 1. The van der Waals surface area contributed by atoms with Crippen molar-refractivity contribution in [3.05, 3.63) is 0 Å². The van der Waals surface area contributed by atoms with Crippen LogP contribution in [0.4, 0.5) is 5.95 Å². The molecule has 6 nitrogen and oxygen atoms in total. The minimum absolute atomic E-state index is 0.0145. The van der Waals surface area contributed by atoms with Crippen LogP contribution in [0.25, 0.3) is 0 Å². The Bertz CT molecular complexity index is 369. The first-order valence-electron chi connectivity index (χ1n) is 6.24. The molecule has 1 rings (SSSR count). The molecule has 1 N–H and O–H groups in total. The molecule has 0 aromatic carbocycles. The SMILES string of the molecule is CNc1nc(OCCC(C)C)nc(OC(C)C)n1. The molecule has 0 bridgehead atoms. The monoisotopic (exact) mass is 254 g/mol. The predicted octanol–water partition coefficient (Wildman–Crippen LogP) is 2.13. The highest BCUT2D eigenvalue weighted by atomic mass is 16.5. The van der Waals surface area contributed by atoms with E-state index in [0.29, 0.717) is 24.5 Å². The number of hydrogen-bond acceptors (Lipinski definition) is 6. The van der Waals surface area contributed by atoms with E-state index in [-0.39, 0.29) is 12.1 Å². The van der Waals surface area contributed by atoms with Gasteiger partial charge in [-0.05, 0) is 26.2 Å². The normalized spacial score (nSPS) is 10.8. The van der Waals surface area contributed by atoms with Crippen LogP contribution in [0.5, 0.6) is 12.0 Å². The van der Waals surface area contributed by atoms with Gasteiger partial charge in [0.2, 0.25) is 5.95 Å². The van der Waals surface area contributed by atoms with Crippen molar-refractivity contribution < 1.29 is 9.47 Å². The van der Waals surface area contributed by atoms with Gasteiger partial charge >= 0.3 is 12.0 Å². The topological polar surface area (TPSA) is 69.2 Å². The van der Waals surface area contributed by atoms with Crippen molar-refractivity contribution in [2.24, 2.45) is 5.92 Å². The minimum Gasteiger partial charge on any atom is -0.463 e. The summed E-state index contributed by atoms with van der Waals surface area (Å²) in [7, 11) is 1.74. The van der Waals surface area contributed by atoms with Gasteiger partial charge in [-0.15, -0.1) is 4.98 Å². The lowest BCUT2D eigenvalue weighted by Crippen LogP contribution is -2.12. The minimum atomic E-state index is 0.0145. The lowest BCUT2D eigenvalue weighted by molar-refractivity contribution is 0.211. The fraction of sp³-hybridized carbons (Fsp3) is 0.750. The van der Waals surface area contributed by atoms with E-state index < -0.39 is 0 Å². The highest BCUT2D eigenvalue weighted by Gasteiger charge is 2.09. The van der Waals surface area contributed by atoms with Gasteiger partial charge in [0.25, 0.3) is 0 Å². The molecule has 0 saturated carbocycles. The molecule has 0 fully saturated rings. The Hall–Kier alpha value is -1.59. The molecular formula is C12H22N4O2. The molecule has 0 radical (unpaired) electrons. The summed E-state index contributed by atoms with van der Waals surface area (Å²) >= 11 is 0. The first kappa shape index (κ1) is 14.5. The predicted molar refractivity (Wildman–Crippen MR) is 70.1 cm³/mol. The third-order valence-corrected chi connectivity index (χ3v) is 2.09. The van der Waals surface area contributed by atoms with Crippen LogP contribution in [-0.4, -0.2) is 34.7 Å². The summed E-state index contributed by atoms with van der Waals surface area (Å²) in [6.07, 6.45) is 0.974. The zero-order valence-electron chi connectivity index (χ0n) is 11.7. The Morgan fingerprint density at radius 1 is 1.06 bits per heavy atom. The van der Waals surface area contributed by atoms with E-state index in [0.717, 1.165) is 6.42 Å². The van der Waals surface area contributed by atoms with E-state index in [1.807, 2.05) is 13.8 Å². The Kier molecular flexibility index (Phi) is 5.61. The number of ether oxygens (including phenoxy) is 2. The standard InChI is InChI=1S/C12H22N4O2/c1-8(2)6-7-17-11-14-10(13-5)15-12(16-11)18-9(3)4/h8-9H,6-7H2,1-5H3,(H,13,14,15,16). The molecule has 0 aliphatic carbocycles. The fourth-order valence-corrected chi connectivity index (χ4v) is 1.16. The van der Waals surface area contributed by atoms with Crippen LogP contribution in [0.15, 0.2) is 0 Å². The summed E-state index contributed by atoms with van der Waals surface area (Å²) < 4.78 is 10.9. The van der Waals surface area contributed by atoms with E-state index in [1.54, 1.807) is 7.05 Å². The number of nitrogens with zero attached hydrogens (tertiary/aromatic N) is 3. The zero-order chi connectivity index (χ0) is 13.5. The molecule has 1 aromatic rings. The Morgan fingerprint density at radius 3 is 2.28 bits per heavy atom. The second-order valence-corrected chi connectivity index (χ2v) is 4.67. The maximum absolute atomic E-state index is 5.50.